The maximum absolute atomic E-state index is 11.2. The van der Waals surface area contributed by atoms with Gasteiger partial charge in [0.05, 0.1) is 5.92 Å². The molecule has 0 aliphatic heterocycles. The van der Waals surface area contributed by atoms with E-state index in [2.05, 4.69) is 0 Å². The van der Waals surface area contributed by atoms with Crippen molar-refractivity contribution < 1.29 is 14.3 Å². The van der Waals surface area contributed by atoms with Crippen molar-refractivity contribution in [1.29, 1.82) is 0 Å². The molecule has 1 saturated carbocycles. The maximum Gasteiger partial charge on any atom is 0.171 e. The fourth-order valence-corrected chi connectivity index (χ4v) is 1.42. The number of rotatable bonds is 2. The predicted molar refractivity (Wildman–Crippen MR) is 39.2 cm³/mol. The summed E-state index contributed by atoms with van der Waals surface area (Å²) in [5, 5.41) is 0. The summed E-state index contributed by atoms with van der Waals surface area (Å²) in [7, 11) is 1.51. The molecule has 0 aromatic rings. The quantitative estimate of drug-likeness (QED) is 0.433. The Balaban J connectivity index is 2.59. The van der Waals surface area contributed by atoms with Gasteiger partial charge in [-0.05, 0) is 19.3 Å². The smallest absolute Gasteiger partial charge is 0.171 e. The largest absolute Gasteiger partial charge is 0.374 e. The van der Waals surface area contributed by atoms with Crippen LogP contribution in [0.2, 0.25) is 0 Å². The van der Waals surface area contributed by atoms with Crippen molar-refractivity contribution in [2.75, 3.05) is 7.11 Å². The summed E-state index contributed by atoms with van der Waals surface area (Å²) in [6, 6.07) is 0. The van der Waals surface area contributed by atoms with Crippen LogP contribution >= 0.6 is 0 Å². The summed E-state index contributed by atoms with van der Waals surface area (Å²) in [5.74, 6) is -0.456. The monoisotopic (exact) mass is 156 g/mol. The van der Waals surface area contributed by atoms with Crippen LogP contribution in [0, 0.1) is 5.92 Å². The number of hydrogen-bond donors (Lipinski definition) is 0. The van der Waals surface area contributed by atoms with E-state index in [9.17, 15) is 9.59 Å². The van der Waals surface area contributed by atoms with E-state index in [0.29, 0.717) is 6.42 Å². The molecule has 1 rings (SSSR count). The third kappa shape index (κ3) is 1.66. The lowest BCUT2D eigenvalue weighted by Crippen LogP contribution is -2.34. The SMILES string of the molecule is COC1CCCC(C=O)C1=O. The van der Waals surface area contributed by atoms with Crippen molar-refractivity contribution >= 4 is 12.1 Å². The van der Waals surface area contributed by atoms with Crippen LogP contribution in [0.5, 0.6) is 0 Å². The standard InChI is InChI=1S/C8H12O3/c1-11-7-4-2-3-6(5-9)8(7)10/h5-7H,2-4H2,1H3. The molecule has 3 heteroatoms. The molecule has 0 aromatic heterocycles. The Kier molecular flexibility index (Phi) is 2.76. The first kappa shape index (κ1) is 8.40. The second kappa shape index (κ2) is 3.62. The lowest BCUT2D eigenvalue weighted by atomic mass is 9.87. The molecular weight excluding hydrogens is 144 g/mol. The number of carbonyl (C=O) groups is 2. The van der Waals surface area contributed by atoms with E-state index in [-0.39, 0.29) is 11.9 Å². The molecule has 62 valence electrons. The Labute approximate surface area is 65.7 Å². The van der Waals surface area contributed by atoms with Crippen molar-refractivity contribution in [1.82, 2.24) is 0 Å². The van der Waals surface area contributed by atoms with E-state index in [1.165, 1.54) is 7.11 Å². The Hall–Kier alpha value is -0.700. The fraction of sp³-hybridized carbons (Fsp3) is 0.750. The fourth-order valence-electron chi connectivity index (χ4n) is 1.42. The van der Waals surface area contributed by atoms with Gasteiger partial charge in [-0.1, -0.05) is 0 Å². The summed E-state index contributed by atoms with van der Waals surface area (Å²) in [4.78, 5) is 21.6. The van der Waals surface area contributed by atoms with Gasteiger partial charge in [0.15, 0.2) is 5.78 Å². The average molecular weight is 156 g/mol. The highest BCUT2D eigenvalue weighted by Crippen LogP contribution is 2.20. The molecule has 0 radical (unpaired) electrons. The lowest BCUT2D eigenvalue weighted by Gasteiger charge is -2.22. The first-order valence-electron chi connectivity index (χ1n) is 3.81. The van der Waals surface area contributed by atoms with E-state index >= 15 is 0 Å². The summed E-state index contributed by atoms with van der Waals surface area (Å²) in [6.45, 7) is 0. The minimum atomic E-state index is -0.409. The lowest BCUT2D eigenvalue weighted by molar-refractivity contribution is -0.138. The first-order chi connectivity index (χ1) is 5.29. The number of aldehydes is 1. The van der Waals surface area contributed by atoms with Gasteiger partial charge in [0.25, 0.3) is 0 Å². The molecule has 2 unspecified atom stereocenters. The molecular formula is C8H12O3. The molecule has 1 aliphatic rings. The van der Waals surface area contributed by atoms with Crippen molar-refractivity contribution in [3.63, 3.8) is 0 Å². The third-order valence-electron chi connectivity index (χ3n) is 2.11. The van der Waals surface area contributed by atoms with Gasteiger partial charge in [-0.3, -0.25) is 4.79 Å². The van der Waals surface area contributed by atoms with Gasteiger partial charge in [0.1, 0.15) is 12.4 Å². The number of ether oxygens (including phenoxy) is 1. The van der Waals surface area contributed by atoms with Gasteiger partial charge in [0.2, 0.25) is 0 Å². The van der Waals surface area contributed by atoms with E-state index in [1.807, 2.05) is 0 Å². The van der Waals surface area contributed by atoms with Crippen LogP contribution in [-0.2, 0) is 14.3 Å². The molecule has 0 saturated heterocycles. The van der Waals surface area contributed by atoms with Crippen molar-refractivity contribution in [3.05, 3.63) is 0 Å². The number of Topliss-reactive ketones (excluding diaryl/α,β-unsaturated/α-hetero) is 1. The van der Waals surface area contributed by atoms with Crippen LogP contribution in [0.15, 0.2) is 0 Å². The maximum atomic E-state index is 11.2. The first-order valence-corrected chi connectivity index (χ1v) is 3.81. The highest BCUT2D eigenvalue weighted by atomic mass is 16.5. The van der Waals surface area contributed by atoms with Gasteiger partial charge < -0.3 is 9.53 Å². The predicted octanol–water partition coefficient (Wildman–Crippen LogP) is 0.569. The van der Waals surface area contributed by atoms with Crippen LogP contribution in [0.1, 0.15) is 19.3 Å². The normalized spacial score (nSPS) is 31.9. The number of carbonyl (C=O) groups excluding carboxylic acids is 2. The number of ketones is 1. The molecule has 0 N–H and O–H groups in total. The van der Waals surface area contributed by atoms with Crippen molar-refractivity contribution in [2.45, 2.75) is 25.4 Å². The Morgan fingerprint density at radius 2 is 2.27 bits per heavy atom. The minimum absolute atomic E-state index is 0.0475. The Bertz CT molecular complexity index is 165. The Morgan fingerprint density at radius 3 is 2.82 bits per heavy atom. The third-order valence-corrected chi connectivity index (χ3v) is 2.11. The van der Waals surface area contributed by atoms with E-state index in [1.54, 1.807) is 0 Å². The van der Waals surface area contributed by atoms with Crippen LogP contribution in [0.25, 0.3) is 0 Å². The Morgan fingerprint density at radius 1 is 1.55 bits per heavy atom. The zero-order chi connectivity index (χ0) is 8.27. The van der Waals surface area contributed by atoms with Gasteiger partial charge >= 0.3 is 0 Å². The molecule has 0 bridgehead atoms. The average Bonchev–Trinajstić information content (AvgIpc) is 2.05. The molecule has 0 aromatic carbocycles. The van der Waals surface area contributed by atoms with Crippen molar-refractivity contribution in [2.24, 2.45) is 5.92 Å². The van der Waals surface area contributed by atoms with E-state index in [4.69, 9.17) is 4.74 Å². The van der Waals surface area contributed by atoms with E-state index in [0.717, 1.165) is 19.1 Å². The summed E-state index contributed by atoms with van der Waals surface area (Å²) in [5.41, 5.74) is 0. The number of methoxy groups -OCH3 is 1. The summed E-state index contributed by atoms with van der Waals surface area (Å²) >= 11 is 0. The van der Waals surface area contributed by atoms with Gasteiger partial charge in [-0.15, -0.1) is 0 Å². The van der Waals surface area contributed by atoms with Crippen LogP contribution in [0.3, 0.4) is 0 Å². The zero-order valence-corrected chi connectivity index (χ0v) is 6.58. The topological polar surface area (TPSA) is 43.4 Å². The molecule has 1 aliphatic carbocycles. The van der Waals surface area contributed by atoms with Crippen LogP contribution in [0.4, 0.5) is 0 Å². The van der Waals surface area contributed by atoms with Gasteiger partial charge in [-0.25, -0.2) is 0 Å². The molecule has 11 heavy (non-hydrogen) atoms. The summed E-state index contributed by atoms with van der Waals surface area (Å²) < 4.78 is 4.93. The molecule has 0 spiro atoms. The molecule has 0 amide bonds. The van der Waals surface area contributed by atoms with Crippen LogP contribution in [-0.4, -0.2) is 25.3 Å². The molecule has 2 atom stereocenters. The minimum Gasteiger partial charge on any atom is -0.374 e. The van der Waals surface area contributed by atoms with Crippen LogP contribution < -0.4 is 0 Å². The van der Waals surface area contributed by atoms with Gasteiger partial charge in [-0.2, -0.15) is 0 Å². The highest BCUT2D eigenvalue weighted by molar-refractivity contribution is 5.96. The molecule has 0 heterocycles. The second-order valence-corrected chi connectivity index (χ2v) is 2.80. The highest BCUT2D eigenvalue weighted by Gasteiger charge is 2.30. The summed E-state index contributed by atoms with van der Waals surface area (Å²) in [6.07, 6.45) is 2.77. The number of hydrogen-bond acceptors (Lipinski definition) is 3. The van der Waals surface area contributed by atoms with Gasteiger partial charge in [0, 0.05) is 7.11 Å². The molecule has 1 fully saturated rings. The van der Waals surface area contributed by atoms with Crippen molar-refractivity contribution in [3.8, 4) is 0 Å². The molecule has 3 nitrogen and oxygen atoms in total. The second-order valence-electron chi connectivity index (χ2n) is 2.80. The van der Waals surface area contributed by atoms with E-state index < -0.39 is 5.92 Å². The zero-order valence-electron chi connectivity index (χ0n) is 6.58.